The lowest BCUT2D eigenvalue weighted by Crippen LogP contribution is -2.36. The van der Waals surface area contributed by atoms with E-state index in [0.717, 1.165) is 24.3 Å². The number of rotatable bonds is 3. The van der Waals surface area contributed by atoms with Crippen LogP contribution in [0.5, 0.6) is 5.75 Å². The number of morpholine rings is 1. The molecule has 2 aromatic carbocycles. The third kappa shape index (κ3) is 3.49. The second-order valence-electron chi connectivity index (χ2n) is 7.05. The molecule has 0 radical (unpaired) electrons. The second-order valence-corrected chi connectivity index (χ2v) is 7.49. The van der Waals surface area contributed by atoms with Crippen molar-refractivity contribution in [2.24, 2.45) is 0 Å². The van der Waals surface area contributed by atoms with E-state index in [-0.39, 0.29) is 17.9 Å². The van der Waals surface area contributed by atoms with Crippen molar-refractivity contribution in [3.05, 3.63) is 52.5 Å². The topological polar surface area (TPSA) is 50.8 Å². The normalized spacial score (nSPS) is 21.5. The summed E-state index contributed by atoms with van der Waals surface area (Å²) in [6.45, 7) is 7.05. The quantitative estimate of drug-likeness (QED) is 0.853. The number of amides is 1. The van der Waals surface area contributed by atoms with Crippen LogP contribution >= 0.6 is 11.6 Å². The van der Waals surface area contributed by atoms with Gasteiger partial charge in [0, 0.05) is 29.6 Å². The number of fused-ring (bicyclic) bond motifs is 1. The maximum Gasteiger partial charge on any atom is 0.259 e. The Hall–Kier alpha value is -2.24. The van der Waals surface area contributed by atoms with E-state index >= 15 is 0 Å². The van der Waals surface area contributed by atoms with Crippen LogP contribution in [0.25, 0.3) is 0 Å². The van der Waals surface area contributed by atoms with Crippen molar-refractivity contribution in [3.8, 4) is 5.75 Å². The van der Waals surface area contributed by atoms with Crippen LogP contribution in [0.15, 0.2) is 36.4 Å². The lowest BCUT2D eigenvalue weighted by molar-refractivity contribution is 0.102. The first-order chi connectivity index (χ1) is 13.0. The first-order valence-corrected chi connectivity index (χ1v) is 9.65. The minimum atomic E-state index is -0.190. The number of carbonyl (C=O) groups excluding carboxylic acids is 1. The molecule has 1 amide bonds. The number of para-hydroxylation sites is 1. The highest BCUT2D eigenvalue weighted by atomic mass is 35.5. The molecule has 1 N–H and O–H groups in total. The summed E-state index contributed by atoms with van der Waals surface area (Å²) in [6.07, 6.45) is 0.0593. The number of hydrogen-bond acceptors (Lipinski definition) is 4. The van der Waals surface area contributed by atoms with Gasteiger partial charge >= 0.3 is 0 Å². The van der Waals surface area contributed by atoms with Crippen LogP contribution in [0, 0.1) is 0 Å². The summed E-state index contributed by atoms with van der Waals surface area (Å²) in [6, 6.07) is 11.3. The second kappa shape index (κ2) is 7.41. The Morgan fingerprint density at radius 2 is 1.96 bits per heavy atom. The van der Waals surface area contributed by atoms with Crippen molar-refractivity contribution >= 4 is 28.9 Å². The minimum absolute atomic E-state index is 0.0593. The van der Waals surface area contributed by atoms with E-state index in [9.17, 15) is 4.79 Å². The van der Waals surface area contributed by atoms with Crippen molar-refractivity contribution in [1.82, 2.24) is 0 Å². The molecule has 1 saturated heterocycles. The maximum atomic E-state index is 13.1. The van der Waals surface area contributed by atoms with Crippen LogP contribution in [-0.2, 0) is 4.74 Å². The predicted octanol–water partition coefficient (Wildman–Crippen LogP) is 4.31. The lowest BCUT2D eigenvalue weighted by Gasteiger charge is -2.30. The summed E-state index contributed by atoms with van der Waals surface area (Å²) in [7, 11) is 0. The van der Waals surface area contributed by atoms with Crippen molar-refractivity contribution in [3.63, 3.8) is 0 Å². The highest BCUT2D eigenvalue weighted by Crippen LogP contribution is 2.40. The van der Waals surface area contributed by atoms with E-state index in [1.54, 1.807) is 12.1 Å². The zero-order chi connectivity index (χ0) is 19.0. The largest absolute Gasteiger partial charge is 0.489 e. The smallest absolute Gasteiger partial charge is 0.259 e. The summed E-state index contributed by atoms with van der Waals surface area (Å²) in [5, 5.41) is 3.62. The van der Waals surface area contributed by atoms with Gasteiger partial charge in [-0.1, -0.05) is 30.7 Å². The Labute approximate surface area is 164 Å². The third-order valence-electron chi connectivity index (χ3n) is 5.35. The Kier molecular flexibility index (Phi) is 4.98. The highest BCUT2D eigenvalue weighted by Gasteiger charge is 2.31. The fraction of sp³-hybridized carbons (Fsp3) is 0.381. The molecule has 2 aliphatic rings. The average molecular weight is 387 g/mol. The number of nitrogens with one attached hydrogen (secondary N) is 1. The Balaban J connectivity index is 1.64. The molecule has 2 atom stereocenters. The first kappa shape index (κ1) is 18.1. The van der Waals surface area contributed by atoms with Crippen molar-refractivity contribution in [2.75, 3.05) is 36.5 Å². The number of benzene rings is 2. The molecule has 2 aromatic rings. The summed E-state index contributed by atoms with van der Waals surface area (Å²) in [5.74, 6) is 0.762. The molecule has 4 rings (SSSR count). The maximum absolute atomic E-state index is 13.1. The number of halogens is 1. The molecule has 0 aliphatic carbocycles. The monoisotopic (exact) mass is 386 g/mol. The van der Waals surface area contributed by atoms with E-state index in [1.807, 2.05) is 31.2 Å². The molecule has 0 spiro atoms. The Morgan fingerprint density at radius 3 is 2.74 bits per heavy atom. The van der Waals surface area contributed by atoms with E-state index in [1.165, 1.54) is 0 Å². The summed E-state index contributed by atoms with van der Waals surface area (Å²) >= 11 is 6.20. The highest BCUT2D eigenvalue weighted by molar-refractivity contribution is 6.31. The van der Waals surface area contributed by atoms with Gasteiger partial charge in [0.15, 0.2) is 0 Å². The van der Waals surface area contributed by atoms with Crippen molar-refractivity contribution in [2.45, 2.75) is 25.9 Å². The van der Waals surface area contributed by atoms with Gasteiger partial charge in [0.25, 0.3) is 5.91 Å². The van der Waals surface area contributed by atoms with Gasteiger partial charge < -0.3 is 19.7 Å². The minimum Gasteiger partial charge on any atom is -0.489 e. The lowest BCUT2D eigenvalue weighted by atomic mass is 9.97. The van der Waals surface area contributed by atoms with Gasteiger partial charge in [-0.15, -0.1) is 0 Å². The van der Waals surface area contributed by atoms with Crippen LogP contribution in [0.3, 0.4) is 0 Å². The molecule has 1 fully saturated rings. The van der Waals surface area contributed by atoms with Crippen LogP contribution in [0.4, 0.5) is 11.4 Å². The molecule has 2 aliphatic heterocycles. The molecular weight excluding hydrogens is 364 g/mol. The van der Waals surface area contributed by atoms with Gasteiger partial charge in [-0.3, -0.25) is 4.79 Å². The summed E-state index contributed by atoms with van der Waals surface area (Å²) < 4.78 is 11.4. The zero-order valence-electron chi connectivity index (χ0n) is 15.5. The number of ether oxygens (including phenoxy) is 2. The molecule has 0 saturated carbocycles. The van der Waals surface area contributed by atoms with E-state index in [0.29, 0.717) is 35.2 Å². The molecule has 2 unspecified atom stereocenters. The van der Waals surface area contributed by atoms with E-state index in [4.69, 9.17) is 21.1 Å². The SMILES string of the molecule is CC1Oc2c(C(=O)Nc3cc(Cl)ccc3N3CCOCC3)cccc2C1C. The van der Waals surface area contributed by atoms with Crippen molar-refractivity contribution in [1.29, 1.82) is 0 Å². The van der Waals surface area contributed by atoms with Gasteiger partial charge in [0.05, 0.1) is 30.2 Å². The van der Waals surface area contributed by atoms with Gasteiger partial charge in [0.1, 0.15) is 11.9 Å². The molecule has 6 heteroatoms. The first-order valence-electron chi connectivity index (χ1n) is 9.28. The third-order valence-corrected chi connectivity index (χ3v) is 5.58. The molecule has 5 nitrogen and oxygen atoms in total. The predicted molar refractivity (Wildman–Crippen MR) is 107 cm³/mol. The fourth-order valence-electron chi connectivity index (χ4n) is 3.64. The van der Waals surface area contributed by atoms with E-state index < -0.39 is 0 Å². The molecular formula is C21H23ClN2O3. The van der Waals surface area contributed by atoms with Crippen molar-refractivity contribution < 1.29 is 14.3 Å². The van der Waals surface area contributed by atoms with Crippen LogP contribution < -0.4 is 15.0 Å². The van der Waals surface area contributed by atoms with Gasteiger partial charge in [-0.25, -0.2) is 0 Å². The number of carbonyl (C=O) groups is 1. The van der Waals surface area contributed by atoms with Crippen LogP contribution in [0.2, 0.25) is 5.02 Å². The van der Waals surface area contributed by atoms with Crippen LogP contribution in [-0.4, -0.2) is 38.3 Å². The number of anilines is 2. The fourth-order valence-corrected chi connectivity index (χ4v) is 3.81. The summed E-state index contributed by atoms with van der Waals surface area (Å²) in [4.78, 5) is 15.3. The molecule has 142 valence electrons. The molecule has 0 bridgehead atoms. The number of nitrogens with zero attached hydrogens (tertiary/aromatic N) is 1. The molecule has 27 heavy (non-hydrogen) atoms. The Bertz CT molecular complexity index is 865. The summed E-state index contributed by atoms with van der Waals surface area (Å²) in [5.41, 5.74) is 3.28. The standard InChI is InChI=1S/C21H23ClN2O3/c1-13-14(2)27-20-16(13)4-3-5-17(20)21(25)23-18-12-15(22)6-7-19(18)24-8-10-26-11-9-24/h3-7,12-14H,8-11H2,1-2H3,(H,23,25). The Morgan fingerprint density at radius 1 is 1.19 bits per heavy atom. The average Bonchev–Trinajstić information content (AvgIpc) is 2.97. The molecule has 2 heterocycles. The van der Waals surface area contributed by atoms with E-state index in [2.05, 4.69) is 17.1 Å². The molecule has 0 aromatic heterocycles. The van der Waals surface area contributed by atoms with Gasteiger partial charge in [0.2, 0.25) is 0 Å². The van der Waals surface area contributed by atoms with Gasteiger partial charge in [-0.05, 0) is 31.2 Å². The van der Waals surface area contributed by atoms with Gasteiger partial charge in [-0.2, -0.15) is 0 Å². The zero-order valence-corrected chi connectivity index (χ0v) is 16.3. The number of hydrogen-bond donors (Lipinski definition) is 1. The van der Waals surface area contributed by atoms with Crippen LogP contribution in [0.1, 0.15) is 35.7 Å².